The number of aryl methyl sites for hydroxylation is 1. The lowest BCUT2D eigenvalue weighted by molar-refractivity contribution is 0.486. The molecule has 0 radical (unpaired) electrons. The van der Waals surface area contributed by atoms with Crippen LogP contribution in [0.25, 0.3) is 0 Å². The molecule has 0 amide bonds. The summed E-state index contributed by atoms with van der Waals surface area (Å²) in [6, 6.07) is 6.28. The van der Waals surface area contributed by atoms with Gasteiger partial charge in [0.15, 0.2) is 5.96 Å². The van der Waals surface area contributed by atoms with Crippen LogP contribution in [-0.2, 0) is 20.0 Å². The van der Waals surface area contributed by atoms with E-state index in [-0.39, 0.29) is 0 Å². The molecular formula is C15H23N5S. The second-order valence-corrected chi connectivity index (χ2v) is 5.90. The minimum atomic E-state index is 0.641. The van der Waals surface area contributed by atoms with Crippen LogP contribution in [0.5, 0.6) is 0 Å². The van der Waals surface area contributed by atoms with Crippen molar-refractivity contribution >= 4 is 17.3 Å². The zero-order chi connectivity index (χ0) is 15.1. The second-order valence-electron chi connectivity index (χ2n) is 4.87. The Kier molecular flexibility index (Phi) is 5.80. The fourth-order valence-corrected chi connectivity index (χ4v) is 2.72. The molecule has 0 bridgehead atoms. The van der Waals surface area contributed by atoms with Crippen LogP contribution in [0.15, 0.2) is 34.8 Å². The number of likely N-dealkylation sites (N-methyl/N-ethyl adjacent to an activating group) is 1. The van der Waals surface area contributed by atoms with Crippen LogP contribution in [0.4, 0.5) is 0 Å². The zero-order valence-corrected chi connectivity index (χ0v) is 13.7. The molecule has 0 fully saturated rings. The molecule has 0 spiro atoms. The molecule has 0 aliphatic heterocycles. The lowest BCUT2D eigenvalue weighted by atomic mass is 10.3. The summed E-state index contributed by atoms with van der Waals surface area (Å²) >= 11 is 1.80. The van der Waals surface area contributed by atoms with E-state index in [2.05, 4.69) is 46.8 Å². The average molecular weight is 305 g/mol. The average Bonchev–Trinajstić information content (AvgIpc) is 3.12. The van der Waals surface area contributed by atoms with E-state index in [0.29, 0.717) is 6.54 Å². The van der Waals surface area contributed by atoms with E-state index in [1.807, 2.05) is 17.8 Å². The number of nitrogens with zero attached hydrogens (tertiary/aromatic N) is 4. The third kappa shape index (κ3) is 4.60. The van der Waals surface area contributed by atoms with Gasteiger partial charge in [-0.1, -0.05) is 6.07 Å². The van der Waals surface area contributed by atoms with Crippen LogP contribution >= 0.6 is 11.3 Å². The molecule has 1 N–H and O–H groups in total. The van der Waals surface area contributed by atoms with Gasteiger partial charge in [-0.3, -0.25) is 4.68 Å². The van der Waals surface area contributed by atoms with Crippen LogP contribution < -0.4 is 5.32 Å². The van der Waals surface area contributed by atoms with Gasteiger partial charge in [-0.25, -0.2) is 4.99 Å². The molecule has 114 valence electrons. The zero-order valence-electron chi connectivity index (χ0n) is 12.9. The Bertz CT molecular complexity index is 558. The molecule has 5 nitrogen and oxygen atoms in total. The van der Waals surface area contributed by atoms with Crippen molar-refractivity contribution in [3.05, 3.63) is 40.3 Å². The first-order chi connectivity index (χ1) is 10.2. The van der Waals surface area contributed by atoms with Gasteiger partial charge in [0.25, 0.3) is 0 Å². The van der Waals surface area contributed by atoms with Gasteiger partial charge in [-0.2, -0.15) is 5.10 Å². The molecule has 0 saturated heterocycles. The molecule has 6 heteroatoms. The van der Waals surface area contributed by atoms with Crippen LogP contribution in [0.1, 0.15) is 17.5 Å². The monoisotopic (exact) mass is 305 g/mol. The summed E-state index contributed by atoms with van der Waals surface area (Å²) in [5.74, 6) is 0.940. The van der Waals surface area contributed by atoms with E-state index in [1.165, 1.54) is 4.88 Å². The topological polar surface area (TPSA) is 45.5 Å². The van der Waals surface area contributed by atoms with Gasteiger partial charge in [-0.05, 0) is 30.9 Å². The summed E-state index contributed by atoms with van der Waals surface area (Å²) in [5, 5.41) is 9.64. The van der Waals surface area contributed by atoms with E-state index < -0.39 is 0 Å². The Labute approximate surface area is 130 Å². The summed E-state index contributed by atoms with van der Waals surface area (Å²) in [5.41, 5.74) is 1.11. The standard InChI is InChI=1S/C15H23N5S/c1-4-16-15(17-12-13-7-9-18-20(13)3)19(2)10-8-14-6-5-11-21-14/h5-7,9,11H,4,8,10,12H2,1-3H3,(H,16,17). The molecule has 0 aromatic carbocycles. The molecule has 0 aliphatic rings. The molecule has 2 aromatic rings. The predicted octanol–water partition coefficient (Wildman–Crippen LogP) is 2.12. The fraction of sp³-hybridized carbons (Fsp3) is 0.467. The summed E-state index contributed by atoms with van der Waals surface area (Å²) in [6.07, 6.45) is 2.85. The van der Waals surface area contributed by atoms with Crippen molar-refractivity contribution in [3.63, 3.8) is 0 Å². The van der Waals surface area contributed by atoms with Crippen LogP contribution in [0.2, 0.25) is 0 Å². The van der Waals surface area contributed by atoms with Crippen LogP contribution in [0.3, 0.4) is 0 Å². The lowest BCUT2D eigenvalue weighted by Crippen LogP contribution is -2.39. The predicted molar refractivity (Wildman–Crippen MR) is 88.7 cm³/mol. The second kappa shape index (κ2) is 7.83. The maximum atomic E-state index is 4.69. The van der Waals surface area contributed by atoms with Crippen LogP contribution in [0, 0.1) is 0 Å². The van der Waals surface area contributed by atoms with Crippen molar-refractivity contribution < 1.29 is 0 Å². The molecule has 2 rings (SSSR count). The van der Waals surface area contributed by atoms with E-state index in [1.54, 1.807) is 17.5 Å². The van der Waals surface area contributed by atoms with Crippen molar-refractivity contribution in [2.75, 3.05) is 20.1 Å². The number of thiophene rings is 1. The molecule has 0 atom stereocenters. The van der Waals surface area contributed by atoms with E-state index >= 15 is 0 Å². The first-order valence-corrected chi connectivity index (χ1v) is 8.07. The van der Waals surface area contributed by atoms with Crippen molar-refractivity contribution in [3.8, 4) is 0 Å². The minimum absolute atomic E-state index is 0.641. The largest absolute Gasteiger partial charge is 0.357 e. The maximum Gasteiger partial charge on any atom is 0.194 e. The van der Waals surface area contributed by atoms with Crippen LogP contribution in [-0.4, -0.2) is 40.8 Å². The summed E-state index contributed by atoms with van der Waals surface area (Å²) in [6.45, 7) is 4.56. The minimum Gasteiger partial charge on any atom is -0.357 e. The highest BCUT2D eigenvalue weighted by molar-refractivity contribution is 7.09. The van der Waals surface area contributed by atoms with Gasteiger partial charge in [0.2, 0.25) is 0 Å². The van der Waals surface area contributed by atoms with E-state index in [4.69, 9.17) is 4.99 Å². The van der Waals surface area contributed by atoms with Gasteiger partial charge >= 0.3 is 0 Å². The first kappa shape index (κ1) is 15.6. The summed E-state index contributed by atoms with van der Waals surface area (Å²) in [4.78, 5) is 8.28. The number of hydrogen-bond acceptors (Lipinski definition) is 3. The van der Waals surface area contributed by atoms with Crippen molar-refractivity contribution in [1.29, 1.82) is 0 Å². The van der Waals surface area contributed by atoms with Gasteiger partial charge < -0.3 is 10.2 Å². The van der Waals surface area contributed by atoms with E-state index in [9.17, 15) is 0 Å². The number of guanidine groups is 1. The Morgan fingerprint density at radius 3 is 2.95 bits per heavy atom. The smallest absolute Gasteiger partial charge is 0.194 e. The summed E-state index contributed by atoms with van der Waals surface area (Å²) < 4.78 is 1.86. The third-order valence-corrected chi connectivity index (χ3v) is 4.22. The Morgan fingerprint density at radius 1 is 1.48 bits per heavy atom. The van der Waals surface area contributed by atoms with Crippen molar-refractivity contribution in [2.24, 2.45) is 12.0 Å². The molecule has 2 aromatic heterocycles. The Hall–Kier alpha value is -1.82. The number of rotatable bonds is 6. The highest BCUT2D eigenvalue weighted by Gasteiger charge is 2.07. The molecule has 0 saturated carbocycles. The van der Waals surface area contributed by atoms with Gasteiger partial charge in [0, 0.05) is 38.3 Å². The SMILES string of the molecule is CCNC(=NCc1ccnn1C)N(C)CCc1cccs1. The normalized spacial score (nSPS) is 11.7. The first-order valence-electron chi connectivity index (χ1n) is 7.19. The van der Waals surface area contributed by atoms with Gasteiger partial charge in [0.1, 0.15) is 0 Å². The number of nitrogens with one attached hydrogen (secondary N) is 1. The molecule has 0 aliphatic carbocycles. The summed E-state index contributed by atoms with van der Waals surface area (Å²) in [7, 11) is 4.02. The maximum absolute atomic E-state index is 4.69. The van der Waals surface area contributed by atoms with Crippen molar-refractivity contribution in [1.82, 2.24) is 20.0 Å². The number of hydrogen-bond donors (Lipinski definition) is 1. The lowest BCUT2D eigenvalue weighted by Gasteiger charge is -2.21. The molecule has 0 unspecified atom stereocenters. The fourth-order valence-electron chi connectivity index (χ4n) is 2.02. The van der Waals surface area contributed by atoms with Gasteiger partial charge in [-0.15, -0.1) is 11.3 Å². The molecule has 21 heavy (non-hydrogen) atoms. The highest BCUT2D eigenvalue weighted by Crippen LogP contribution is 2.09. The Balaban J connectivity index is 1.94. The third-order valence-electron chi connectivity index (χ3n) is 3.28. The van der Waals surface area contributed by atoms with Gasteiger partial charge in [0.05, 0.1) is 12.2 Å². The van der Waals surface area contributed by atoms with E-state index in [0.717, 1.165) is 31.2 Å². The van der Waals surface area contributed by atoms with Crippen molar-refractivity contribution in [2.45, 2.75) is 19.9 Å². The number of aliphatic imine (C=N–C) groups is 1. The molecular weight excluding hydrogens is 282 g/mol. The molecule has 2 heterocycles. The quantitative estimate of drug-likeness (QED) is 0.657. The number of aromatic nitrogens is 2. The highest BCUT2D eigenvalue weighted by atomic mass is 32.1. The Morgan fingerprint density at radius 2 is 2.33 bits per heavy atom.